The maximum absolute atomic E-state index is 12.8. The molecule has 2 aliphatic rings. The third-order valence-corrected chi connectivity index (χ3v) is 6.33. The molecule has 6 heteroatoms. The van der Waals surface area contributed by atoms with Crippen LogP contribution in [0.1, 0.15) is 17.5 Å². The number of ether oxygens (including phenoxy) is 1. The van der Waals surface area contributed by atoms with Gasteiger partial charge in [0.2, 0.25) is 10.0 Å². The van der Waals surface area contributed by atoms with Gasteiger partial charge >= 0.3 is 0 Å². The first-order valence-electron chi connectivity index (χ1n) is 6.90. The highest BCUT2D eigenvalue weighted by molar-refractivity contribution is 7.89. The second kappa shape index (κ2) is 5.64. The van der Waals surface area contributed by atoms with E-state index in [2.05, 4.69) is 0 Å². The van der Waals surface area contributed by atoms with Crippen LogP contribution < -0.4 is 0 Å². The summed E-state index contributed by atoms with van der Waals surface area (Å²) in [5, 5.41) is 0. The van der Waals surface area contributed by atoms with Gasteiger partial charge in [-0.15, -0.1) is 11.6 Å². The zero-order valence-electron chi connectivity index (χ0n) is 11.2. The van der Waals surface area contributed by atoms with Crippen LogP contribution in [0.15, 0.2) is 23.1 Å². The van der Waals surface area contributed by atoms with Crippen molar-refractivity contribution in [3.63, 3.8) is 0 Å². The smallest absolute Gasteiger partial charge is 0.243 e. The zero-order valence-corrected chi connectivity index (χ0v) is 12.8. The summed E-state index contributed by atoms with van der Waals surface area (Å²) < 4.78 is 32.3. The van der Waals surface area contributed by atoms with Crippen LogP contribution >= 0.6 is 11.6 Å². The van der Waals surface area contributed by atoms with E-state index in [9.17, 15) is 8.42 Å². The monoisotopic (exact) mass is 315 g/mol. The average Bonchev–Trinajstić information content (AvgIpc) is 2.94. The van der Waals surface area contributed by atoms with Crippen molar-refractivity contribution < 1.29 is 13.2 Å². The van der Waals surface area contributed by atoms with E-state index in [-0.39, 0.29) is 11.9 Å². The Labute approximate surface area is 124 Å². The molecular formula is C14H18ClNO3S. The number of aryl methyl sites for hydroxylation is 2. The molecule has 1 heterocycles. The minimum Gasteiger partial charge on any atom is -0.378 e. The van der Waals surface area contributed by atoms with Crippen LogP contribution in [0, 0.1) is 0 Å². The van der Waals surface area contributed by atoms with Crippen LogP contribution in [0.25, 0.3) is 0 Å². The second-order valence-electron chi connectivity index (χ2n) is 5.28. The summed E-state index contributed by atoms with van der Waals surface area (Å²) in [6, 6.07) is 5.23. The minimum absolute atomic E-state index is 0.254. The Balaban J connectivity index is 1.94. The predicted octanol–water partition coefficient (Wildman–Crippen LogP) is 1.80. The van der Waals surface area contributed by atoms with Crippen molar-refractivity contribution in [2.75, 3.05) is 25.6 Å². The molecule has 1 unspecified atom stereocenters. The largest absolute Gasteiger partial charge is 0.378 e. The fourth-order valence-corrected chi connectivity index (χ4v) is 4.90. The van der Waals surface area contributed by atoms with E-state index in [1.165, 1.54) is 15.4 Å². The first-order valence-corrected chi connectivity index (χ1v) is 8.88. The van der Waals surface area contributed by atoms with Gasteiger partial charge in [0, 0.05) is 12.4 Å². The van der Waals surface area contributed by atoms with E-state index in [0.717, 1.165) is 19.3 Å². The molecule has 0 saturated carbocycles. The van der Waals surface area contributed by atoms with Crippen molar-refractivity contribution in [1.82, 2.24) is 4.31 Å². The Morgan fingerprint density at radius 3 is 2.90 bits per heavy atom. The number of halogens is 1. The number of benzene rings is 1. The van der Waals surface area contributed by atoms with E-state index >= 15 is 0 Å². The molecule has 3 rings (SSSR count). The highest BCUT2D eigenvalue weighted by Gasteiger charge is 2.34. The summed E-state index contributed by atoms with van der Waals surface area (Å²) in [6.07, 6.45) is 3.14. The van der Waals surface area contributed by atoms with E-state index in [1.807, 2.05) is 12.1 Å². The number of sulfonamides is 1. The predicted molar refractivity (Wildman–Crippen MR) is 77.7 cm³/mol. The van der Waals surface area contributed by atoms with Crippen LogP contribution in [0.4, 0.5) is 0 Å². The van der Waals surface area contributed by atoms with E-state index in [1.54, 1.807) is 6.07 Å². The number of hydrogen-bond acceptors (Lipinski definition) is 3. The molecular weight excluding hydrogens is 298 g/mol. The van der Waals surface area contributed by atoms with Gasteiger partial charge in [0.1, 0.15) is 0 Å². The van der Waals surface area contributed by atoms with E-state index < -0.39 is 10.0 Å². The topological polar surface area (TPSA) is 46.6 Å². The van der Waals surface area contributed by atoms with Crippen molar-refractivity contribution in [3.05, 3.63) is 29.3 Å². The lowest BCUT2D eigenvalue weighted by Gasteiger charge is -2.33. The van der Waals surface area contributed by atoms with Crippen LogP contribution in [0.2, 0.25) is 0 Å². The van der Waals surface area contributed by atoms with Crippen molar-refractivity contribution in [3.8, 4) is 0 Å². The molecule has 1 aliphatic carbocycles. The molecule has 0 spiro atoms. The summed E-state index contributed by atoms with van der Waals surface area (Å²) in [4.78, 5) is 0.384. The van der Waals surface area contributed by atoms with Crippen molar-refractivity contribution in [2.24, 2.45) is 0 Å². The lowest BCUT2D eigenvalue weighted by molar-refractivity contribution is 0.0404. The molecule has 0 radical (unpaired) electrons. The van der Waals surface area contributed by atoms with Gasteiger partial charge in [0.25, 0.3) is 0 Å². The van der Waals surface area contributed by atoms with Gasteiger partial charge in [-0.2, -0.15) is 4.31 Å². The maximum atomic E-state index is 12.8. The summed E-state index contributed by atoms with van der Waals surface area (Å²) in [6.45, 7) is 1.17. The molecule has 0 bridgehead atoms. The lowest BCUT2D eigenvalue weighted by Crippen LogP contribution is -2.49. The molecule has 1 aliphatic heterocycles. The van der Waals surface area contributed by atoms with Gasteiger partial charge < -0.3 is 4.74 Å². The molecule has 1 saturated heterocycles. The zero-order chi connectivity index (χ0) is 14.2. The molecule has 1 aromatic carbocycles. The van der Waals surface area contributed by atoms with E-state index in [4.69, 9.17) is 16.3 Å². The molecule has 20 heavy (non-hydrogen) atoms. The quantitative estimate of drug-likeness (QED) is 0.799. The maximum Gasteiger partial charge on any atom is 0.243 e. The second-order valence-corrected chi connectivity index (χ2v) is 7.48. The van der Waals surface area contributed by atoms with Crippen molar-refractivity contribution in [2.45, 2.75) is 30.2 Å². The third kappa shape index (κ3) is 2.48. The van der Waals surface area contributed by atoms with Gasteiger partial charge in [-0.3, -0.25) is 0 Å². The lowest BCUT2D eigenvalue weighted by atomic mass is 10.1. The van der Waals surface area contributed by atoms with Gasteiger partial charge in [-0.05, 0) is 42.5 Å². The Kier molecular flexibility index (Phi) is 4.04. The highest BCUT2D eigenvalue weighted by atomic mass is 35.5. The average molecular weight is 316 g/mol. The number of nitrogens with zero attached hydrogens (tertiary/aromatic N) is 1. The van der Waals surface area contributed by atoms with E-state index in [0.29, 0.717) is 24.7 Å². The number of hydrogen-bond donors (Lipinski definition) is 0. The van der Waals surface area contributed by atoms with Crippen LogP contribution in [0.3, 0.4) is 0 Å². The van der Waals surface area contributed by atoms with Crippen LogP contribution in [-0.2, 0) is 27.6 Å². The molecule has 110 valence electrons. The molecule has 4 nitrogen and oxygen atoms in total. The SMILES string of the molecule is O=S(=O)(c1ccc2c(c1)CCC2)N1CCOCC1CCl. The standard InChI is InChI=1S/C14H18ClNO3S/c15-9-13-10-19-7-6-16(13)20(17,18)14-5-4-11-2-1-3-12(11)8-14/h4-5,8,13H,1-3,6-7,9-10H2. The Hall–Kier alpha value is -0.620. The van der Waals surface area contributed by atoms with Gasteiger partial charge in [0.15, 0.2) is 0 Å². The Morgan fingerprint density at radius 1 is 1.30 bits per heavy atom. The fraction of sp³-hybridized carbons (Fsp3) is 0.571. The first-order chi connectivity index (χ1) is 9.63. The number of morpholine rings is 1. The van der Waals surface area contributed by atoms with Crippen molar-refractivity contribution >= 4 is 21.6 Å². The Morgan fingerprint density at radius 2 is 2.10 bits per heavy atom. The number of alkyl halides is 1. The highest BCUT2D eigenvalue weighted by Crippen LogP contribution is 2.27. The molecule has 0 aromatic heterocycles. The molecule has 1 fully saturated rings. The summed E-state index contributed by atoms with van der Waals surface area (Å²) >= 11 is 5.88. The summed E-state index contributed by atoms with van der Waals surface area (Å²) in [5.41, 5.74) is 2.45. The number of rotatable bonds is 3. The first kappa shape index (κ1) is 14.3. The molecule has 1 aromatic rings. The number of fused-ring (bicyclic) bond motifs is 1. The summed E-state index contributed by atoms with van der Waals surface area (Å²) in [7, 11) is -3.48. The Bertz CT molecular complexity index is 602. The molecule has 0 amide bonds. The molecule has 0 N–H and O–H groups in total. The van der Waals surface area contributed by atoms with Gasteiger partial charge in [0.05, 0.1) is 24.2 Å². The van der Waals surface area contributed by atoms with Gasteiger partial charge in [-0.25, -0.2) is 8.42 Å². The summed E-state index contributed by atoms with van der Waals surface area (Å²) in [5.74, 6) is 0.254. The van der Waals surface area contributed by atoms with Crippen LogP contribution in [0.5, 0.6) is 0 Å². The van der Waals surface area contributed by atoms with Crippen LogP contribution in [-0.4, -0.2) is 44.4 Å². The molecule has 1 atom stereocenters. The minimum atomic E-state index is -3.48. The fourth-order valence-electron chi connectivity index (χ4n) is 2.92. The normalized spacial score (nSPS) is 23.8. The third-order valence-electron chi connectivity index (χ3n) is 4.03. The van der Waals surface area contributed by atoms with Crippen molar-refractivity contribution in [1.29, 1.82) is 0 Å². The van der Waals surface area contributed by atoms with Gasteiger partial charge in [-0.1, -0.05) is 6.07 Å².